The fourth-order valence-electron chi connectivity index (χ4n) is 1.10. The Bertz CT molecular complexity index is 372. The maximum Gasteiger partial charge on any atom is 0.354 e. The average molecular weight is 211 g/mol. The van der Waals surface area contributed by atoms with Gasteiger partial charge in [-0.15, -0.1) is 0 Å². The predicted octanol–water partition coefficient (Wildman–Crippen LogP) is 0.129. The first-order valence-corrected chi connectivity index (χ1v) is 4.55. The van der Waals surface area contributed by atoms with E-state index in [1.165, 1.54) is 11.1 Å². The van der Waals surface area contributed by atoms with Crippen LogP contribution in [0.5, 0.6) is 0 Å². The molecule has 0 aliphatic carbocycles. The first kappa shape index (κ1) is 11.2. The zero-order valence-corrected chi connectivity index (χ0v) is 8.65. The number of aromatic carboxylic acids is 1. The summed E-state index contributed by atoms with van der Waals surface area (Å²) in [6.45, 7) is 2.45. The van der Waals surface area contributed by atoms with Gasteiger partial charge in [0.2, 0.25) is 5.91 Å². The van der Waals surface area contributed by atoms with Gasteiger partial charge in [-0.3, -0.25) is 9.89 Å². The topological polar surface area (TPSA) is 86.3 Å². The Labute approximate surface area is 86.9 Å². The van der Waals surface area contributed by atoms with Crippen LogP contribution in [0.25, 0.3) is 0 Å². The summed E-state index contributed by atoms with van der Waals surface area (Å²) in [4.78, 5) is 23.7. The minimum atomic E-state index is -1.10. The van der Waals surface area contributed by atoms with Crippen molar-refractivity contribution in [1.29, 1.82) is 0 Å². The SMILES string of the molecule is CCN(C)C(=O)Cc1cn[nH]c1C(=O)O. The molecule has 0 aliphatic rings. The Balaban J connectivity index is 2.76. The third-order valence-electron chi connectivity index (χ3n) is 2.17. The number of aromatic nitrogens is 2. The number of carbonyl (C=O) groups excluding carboxylic acids is 1. The number of hydrogen-bond acceptors (Lipinski definition) is 3. The highest BCUT2D eigenvalue weighted by Crippen LogP contribution is 2.06. The first-order valence-electron chi connectivity index (χ1n) is 4.55. The van der Waals surface area contributed by atoms with Crippen molar-refractivity contribution < 1.29 is 14.7 Å². The molecule has 0 aromatic carbocycles. The number of rotatable bonds is 4. The molecule has 0 aliphatic heterocycles. The fraction of sp³-hybridized carbons (Fsp3) is 0.444. The molecule has 0 saturated carbocycles. The monoisotopic (exact) mass is 211 g/mol. The highest BCUT2D eigenvalue weighted by Gasteiger charge is 2.16. The first-order chi connectivity index (χ1) is 7.06. The number of likely N-dealkylation sites (N-methyl/N-ethyl adjacent to an activating group) is 1. The minimum Gasteiger partial charge on any atom is -0.477 e. The molecule has 1 heterocycles. The smallest absolute Gasteiger partial charge is 0.354 e. The second-order valence-electron chi connectivity index (χ2n) is 3.16. The molecule has 0 saturated heterocycles. The lowest BCUT2D eigenvalue weighted by Crippen LogP contribution is -2.28. The summed E-state index contributed by atoms with van der Waals surface area (Å²) in [5.41, 5.74) is 0.389. The number of aromatic amines is 1. The average Bonchev–Trinajstić information content (AvgIpc) is 2.64. The standard InChI is InChI=1S/C9H13N3O3/c1-3-12(2)7(13)4-6-5-10-11-8(6)9(14)15/h5H,3-4H2,1-2H3,(H,10,11)(H,14,15). The molecular formula is C9H13N3O3. The molecule has 0 bridgehead atoms. The van der Waals surface area contributed by atoms with Gasteiger partial charge in [-0.1, -0.05) is 0 Å². The molecule has 6 nitrogen and oxygen atoms in total. The summed E-state index contributed by atoms with van der Waals surface area (Å²) in [6.07, 6.45) is 1.42. The fourth-order valence-corrected chi connectivity index (χ4v) is 1.10. The molecule has 0 unspecified atom stereocenters. The van der Waals surface area contributed by atoms with Gasteiger partial charge in [-0.05, 0) is 6.92 Å². The van der Waals surface area contributed by atoms with Crippen LogP contribution in [-0.4, -0.2) is 45.7 Å². The largest absolute Gasteiger partial charge is 0.477 e. The van der Waals surface area contributed by atoms with Crippen LogP contribution in [-0.2, 0) is 11.2 Å². The van der Waals surface area contributed by atoms with Gasteiger partial charge in [0, 0.05) is 19.2 Å². The summed E-state index contributed by atoms with van der Waals surface area (Å²) in [5, 5.41) is 14.7. The van der Waals surface area contributed by atoms with E-state index < -0.39 is 5.97 Å². The molecule has 0 spiro atoms. The van der Waals surface area contributed by atoms with Gasteiger partial charge in [0.1, 0.15) is 5.69 Å². The van der Waals surface area contributed by atoms with Crippen molar-refractivity contribution in [1.82, 2.24) is 15.1 Å². The van der Waals surface area contributed by atoms with Crippen molar-refractivity contribution in [2.24, 2.45) is 0 Å². The maximum atomic E-state index is 11.5. The lowest BCUT2D eigenvalue weighted by atomic mass is 10.1. The third-order valence-corrected chi connectivity index (χ3v) is 2.17. The number of nitrogens with one attached hydrogen (secondary N) is 1. The van der Waals surface area contributed by atoms with Crippen molar-refractivity contribution in [3.8, 4) is 0 Å². The van der Waals surface area contributed by atoms with Gasteiger partial charge in [-0.2, -0.15) is 5.10 Å². The van der Waals surface area contributed by atoms with Crippen molar-refractivity contribution in [3.05, 3.63) is 17.5 Å². The molecule has 1 aromatic rings. The predicted molar refractivity (Wildman–Crippen MR) is 52.6 cm³/mol. The molecule has 0 fully saturated rings. The lowest BCUT2D eigenvalue weighted by molar-refractivity contribution is -0.128. The van der Waals surface area contributed by atoms with Gasteiger partial charge >= 0.3 is 5.97 Å². The van der Waals surface area contributed by atoms with E-state index in [-0.39, 0.29) is 18.0 Å². The van der Waals surface area contributed by atoms with Gasteiger partial charge in [0.05, 0.1) is 12.6 Å². The molecular weight excluding hydrogens is 198 g/mol. The zero-order chi connectivity index (χ0) is 11.4. The van der Waals surface area contributed by atoms with Crippen LogP contribution in [0.3, 0.4) is 0 Å². The van der Waals surface area contributed by atoms with E-state index in [0.717, 1.165) is 0 Å². The molecule has 6 heteroatoms. The summed E-state index contributed by atoms with van der Waals surface area (Å²) in [6, 6.07) is 0. The number of carboxylic acids is 1. The van der Waals surface area contributed by atoms with E-state index in [4.69, 9.17) is 5.11 Å². The second-order valence-corrected chi connectivity index (χ2v) is 3.16. The van der Waals surface area contributed by atoms with Crippen LogP contribution in [0, 0.1) is 0 Å². The Morgan fingerprint density at radius 1 is 1.60 bits per heavy atom. The molecule has 15 heavy (non-hydrogen) atoms. The Hall–Kier alpha value is -1.85. The summed E-state index contributed by atoms with van der Waals surface area (Å²) in [5.74, 6) is -1.23. The molecule has 2 N–H and O–H groups in total. The van der Waals surface area contributed by atoms with Crippen LogP contribution >= 0.6 is 0 Å². The van der Waals surface area contributed by atoms with E-state index in [2.05, 4.69) is 10.2 Å². The number of carbonyl (C=O) groups is 2. The summed E-state index contributed by atoms with van der Waals surface area (Å²) < 4.78 is 0. The van der Waals surface area contributed by atoms with Gasteiger partial charge in [-0.25, -0.2) is 4.79 Å². The molecule has 1 amide bonds. The van der Waals surface area contributed by atoms with Crippen LogP contribution in [0.2, 0.25) is 0 Å². The van der Waals surface area contributed by atoms with Crippen LogP contribution < -0.4 is 0 Å². The minimum absolute atomic E-state index is 0.0205. The van der Waals surface area contributed by atoms with Gasteiger partial charge < -0.3 is 10.0 Å². The normalized spacial score (nSPS) is 10.0. The van der Waals surface area contributed by atoms with Crippen LogP contribution in [0.15, 0.2) is 6.20 Å². The number of carboxylic acid groups (broad SMARTS) is 1. The Kier molecular flexibility index (Phi) is 3.43. The molecule has 82 valence electrons. The number of nitrogens with zero attached hydrogens (tertiary/aromatic N) is 2. The van der Waals surface area contributed by atoms with Crippen molar-refractivity contribution in [2.75, 3.05) is 13.6 Å². The third kappa shape index (κ3) is 2.55. The van der Waals surface area contributed by atoms with Crippen LogP contribution in [0.4, 0.5) is 0 Å². The van der Waals surface area contributed by atoms with Crippen molar-refractivity contribution in [3.63, 3.8) is 0 Å². The molecule has 1 rings (SSSR count). The lowest BCUT2D eigenvalue weighted by Gasteiger charge is -2.13. The van der Waals surface area contributed by atoms with Crippen LogP contribution in [0.1, 0.15) is 23.0 Å². The van der Waals surface area contributed by atoms with Crippen molar-refractivity contribution >= 4 is 11.9 Å². The van der Waals surface area contributed by atoms with Gasteiger partial charge in [0.15, 0.2) is 0 Å². The van der Waals surface area contributed by atoms with E-state index in [1.807, 2.05) is 6.92 Å². The number of amides is 1. The molecule has 0 atom stereocenters. The van der Waals surface area contributed by atoms with E-state index >= 15 is 0 Å². The summed E-state index contributed by atoms with van der Waals surface area (Å²) in [7, 11) is 1.67. The van der Waals surface area contributed by atoms with E-state index in [9.17, 15) is 9.59 Å². The van der Waals surface area contributed by atoms with E-state index in [0.29, 0.717) is 12.1 Å². The Morgan fingerprint density at radius 2 is 2.27 bits per heavy atom. The highest BCUT2D eigenvalue weighted by molar-refractivity contribution is 5.89. The number of hydrogen-bond donors (Lipinski definition) is 2. The number of H-pyrrole nitrogens is 1. The van der Waals surface area contributed by atoms with E-state index in [1.54, 1.807) is 7.05 Å². The second kappa shape index (κ2) is 4.59. The summed E-state index contributed by atoms with van der Waals surface area (Å²) >= 11 is 0. The molecule has 1 aromatic heterocycles. The maximum absolute atomic E-state index is 11.5. The zero-order valence-electron chi connectivity index (χ0n) is 8.65. The van der Waals surface area contributed by atoms with Crippen molar-refractivity contribution in [2.45, 2.75) is 13.3 Å². The highest BCUT2D eigenvalue weighted by atomic mass is 16.4. The van der Waals surface area contributed by atoms with Gasteiger partial charge in [0.25, 0.3) is 0 Å². The Morgan fingerprint density at radius 3 is 2.80 bits per heavy atom. The molecule has 0 radical (unpaired) electrons. The quantitative estimate of drug-likeness (QED) is 0.741.